The second-order valence-corrected chi connectivity index (χ2v) is 5.82. The fraction of sp³-hybridized carbons (Fsp3) is 0.533. The second kappa shape index (κ2) is 5.72. The topological polar surface area (TPSA) is 77.8 Å². The first kappa shape index (κ1) is 15.7. The third-order valence-corrected chi connectivity index (χ3v) is 3.21. The minimum Gasteiger partial charge on any atom is -0.478 e. The molecule has 0 radical (unpaired) electrons. The molecule has 1 aromatic rings. The zero-order chi connectivity index (χ0) is 14.7. The van der Waals surface area contributed by atoms with E-state index >= 15 is 0 Å². The van der Waals surface area contributed by atoms with Crippen LogP contribution in [0.5, 0.6) is 0 Å². The molecule has 0 unspecified atom stereocenters. The Labute approximate surface area is 113 Å². The Balaban J connectivity index is 2.68. The molecular weight excluding hydrogens is 244 g/mol. The summed E-state index contributed by atoms with van der Waals surface area (Å²) in [6.45, 7) is 5.18. The van der Waals surface area contributed by atoms with Gasteiger partial charge in [-0.3, -0.25) is 0 Å². The molecular formula is C15H22O4. The van der Waals surface area contributed by atoms with Gasteiger partial charge >= 0.3 is 5.97 Å². The molecule has 0 spiro atoms. The van der Waals surface area contributed by atoms with Crippen LogP contribution in [0.4, 0.5) is 0 Å². The summed E-state index contributed by atoms with van der Waals surface area (Å²) in [6, 6.07) is 6.24. The normalized spacial score (nSPS) is 15.0. The molecule has 0 bridgehead atoms. The van der Waals surface area contributed by atoms with Crippen molar-refractivity contribution in [2.24, 2.45) is 0 Å². The summed E-state index contributed by atoms with van der Waals surface area (Å²) in [7, 11) is 0. The molecule has 106 valence electrons. The van der Waals surface area contributed by atoms with Gasteiger partial charge < -0.3 is 15.3 Å². The van der Waals surface area contributed by atoms with E-state index in [9.17, 15) is 15.0 Å². The van der Waals surface area contributed by atoms with Gasteiger partial charge in [0.25, 0.3) is 0 Å². The van der Waals surface area contributed by atoms with Gasteiger partial charge in [-0.2, -0.15) is 0 Å². The maximum absolute atomic E-state index is 10.8. The molecule has 0 amide bonds. The second-order valence-electron chi connectivity index (χ2n) is 5.82. The van der Waals surface area contributed by atoms with Crippen molar-refractivity contribution in [3.05, 3.63) is 35.4 Å². The summed E-state index contributed by atoms with van der Waals surface area (Å²) >= 11 is 0. The summed E-state index contributed by atoms with van der Waals surface area (Å²) in [4.78, 5) is 10.8. The van der Waals surface area contributed by atoms with Crippen molar-refractivity contribution in [2.75, 3.05) is 0 Å². The lowest BCUT2D eigenvalue weighted by Crippen LogP contribution is -2.24. The highest BCUT2D eigenvalue weighted by Crippen LogP contribution is 2.28. The van der Waals surface area contributed by atoms with Crippen LogP contribution in [0.3, 0.4) is 0 Å². The zero-order valence-electron chi connectivity index (χ0n) is 11.7. The monoisotopic (exact) mass is 266 g/mol. The Kier molecular flexibility index (Phi) is 4.71. The van der Waals surface area contributed by atoms with Crippen molar-refractivity contribution in [1.82, 2.24) is 0 Å². The number of rotatable bonds is 6. The molecule has 0 aromatic heterocycles. The van der Waals surface area contributed by atoms with Crippen molar-refractivity contribution in [1.29, 1.82) is 0 Å². The van der Waals surface area contributed by atoms with E-state index in [1.54, 1.807) is 32.9 Å². The number of benzene rings is 1. The van der Waals surface area contributed by atoms with Crippen molar-refractivity contribution in [3.8, 4) is 0 Å². The Morgan fingerprint density at radius 1 is 1.05 bits per heavy atom. The van der Waals surface area contributed by atoms with E-state index in [2.05, 4.69) is 0 Å². The summed E-state index contributed by atoms with van der Waals surface area (Å²) in [5.41, 5.74) is -0.852. The number of hydrogen-bond acceptors (Lipinski definition) is 3. The number of hydrogen-bond donors (Lipinski definition) is 3. The van der Waals surface area contributed by atoms with Crippen LogP contribution in [0.15, 0.2) is 24.3 Å². The van der Waals surface area contributed by atoms with Gasteiger partial charge in [0.15, 0.2) is 0 Å². The van der Waals surface area contributed by atoms with E-state index in [0.717, 1.165) is 0 Å². The lowest BCUT2D eigenvalue weighted by Gasteiger charge is -2.26. The molecule has 0 heterocycles. The highest BCUT2D eigenvalue weighted by atomic mass is 16.4. The third kappa shape index (κ3) is 5.01. The summed E-state index contributed by atoms with van der Waals surface area (Å²) in [5.74, 6) is -0.978. The molecule has 0 aliphatic heterocycles. The predicted octanol–water partition coefficient (Wildman–Crippen LogP) is 2.53. The largest absolute Gasteiger partial charge is 0.478 e. The maximum atomic E-state index is 10.8. The maximum Gasteiger partial charge on any atom is 0.335 e. The number of aliphatic hydroxyl groups is 2. The van der Waals surface area contributed by atoms with Gasteiger partial charge in [0, 0.05) is 0 Å². The number of carboxylic acid groups (broad SMARTS) is 1. The molecule has 0 saturated heterocycles. The van der Waals surface area contributed by atoms with Crippen molar-refractivity contribution in [3.63, 3.8) is 0 Å². The van der Waals surface area contributed by atoms with Gasteiger partial charge in [-0.05, 0) is 57.7 Å². The van der Waals surface area contributed by atoms with E-state index in [0.29, 0.717) is 24.8 Å². The average Bonchev–Trinajstić information content (AvgIpc) is 2.27. The lowest BCUT2D eigenvalue weighted by molar-refractivity contribution is 0.0270. The Hall–Kier alpha value is -1.39. The average molecular weight is 266 g/mol. The first-order valence-electron chi connectivity index (χ1n) is 6.40. The van der Waals surface area contributed by atoms with Gasteiger partial charge in [-0.25, -0.2) is 4.79 Å². The quantitative estimate of drug-likeness (QED) is 0.739. The predicted molar refractivity (Wildman–Crippen MR) is 73.1 cm³/mol. The van der Waals surface area contributed by atoms with E-state index < -0.39 is 17.2 Å². The molecule has 0 fully saturated rings. The molecule has 1 aromatic carbocycles. The fourth-order valence-corrected chi connectivity index (χ4v) is 1.98. The Morgan fingerprint density at radius 2 is 1.58 bits per heavy atom. The van der Waals surface area contributed by atoms with Gasteiger partial charge in [-0.1, -0.05) is 12.1 Å². The van der Waals surface area contributed by atoms with Crippen molar-refractivity contribution < 1.29 is 20.1 Å². The summed E-state index contributed by atoms with van der Waals surface area (Å²) in [5, 5.41) is 28.8. The minimum atomic E-state index is -1.01. The molecule has 0 aliphatic carbocycles. The zero-order valence-corrected chi connectivity index (χ0v) is 11.7. The van der Waals surface area contributed by atoms with Crippen molar-refractivity contribution >= 4 is 5.97 Å². The van der Waals surface area contributed by atoms with Crippen molar-refractivity contribution in [2.45, 2.75) is 51.2 Å². The van der Waals surface area contributed by atoms with Crippen LogP contribution >= 0.6 is 0 Å². The van der Waals surface area contributed by atoms with Gasteiger partial charge in [0.05, 0.1) is 16.8 Å². The van der Waals surface area contributed by atoms with E-state index in [-0.39, 0.29) is 5.56 Å². The van der Waals surface area contributed by atoms with Gasteiger partial charge in [0.2, 0.25) is 0 Å². The first-order chi connectivity index (χ1) is 8.62. The third-order valence-electron chi connectivity index (χ3n) is 3.21. The highest BCUT2D eigenvalue weighted by Gasteiger charge is 2.24. The van der Waals surface area contributed by atoms with Crippen LogP contribution in [-0.4, -0.2) is 26.9 Å². The minimum absolute atomic E-state index is 0.205. The molecule has 3 N–H and O–H groups in total. The van der Waals surface area contributed by atoms with E-state index in [1.165, 1.54) is 12.1 Å². The summed E-state index contributed by atoms with van der Waals surface area (Å²) in [6.07, 6.45) is 1.82. The van der Waals surface area contributed by atoms with Crippen LogP contribution < -0.4 is 0 Å². The summed E-state index contributed by atoms with van der Waals surface area (Å²) < 4.78 is 0. The smallest absolute Gasteiger partial charge is 0.335 e. The number of carbonyl (C=O) groups is 1. The Bertz CT molecular complexity index is 426. The van der Waals surface area contributed by atoms with Crippen LogP contribution in [0.2, 0.25) is 0 Å². The molecule has 0 saturated carbocycles. The lowest BCUT2D eigenvalue weighted by atomic mass is 9.88. The van der Waals surface area contributed by atoms with Gasteiger partial charge in [0.1, 0.15) is 0 Å². The van der Waals surface area contributed by atoms with Gasteiger partial charge in [-0.15, -0.1) is 0 Å². The standard InChI is InChI=1S/C15H22O4/c1-14(2,18)9-4-10-15(3,19)12-7-5-11(6-8-12)13(16)17/h5-8,18-19H,4,9-10H2,1-3H3,(H,16,17)/t15-/m1/s1. The molecule has 1 rings (SSSR count). The Morgan fingerprint density at radius 3 is 2.00 bits per heavy atom. The molecule has 0 aliphatic rings. The SMILES string of the molecule is CC(C)(O)CCC[C@@](C)(O)c1ccc(C(=O)O)cc1. The van der Waals surface area contributed by atoms with Crippen LogP contribution in [0.25, 0.3) is 0 Å². The number of carboxylic acids is 1. The molecule has 4 heteroatoms. The van der Waals surface area contributed by atoms with E-state index in [1.807, 2.05) is 0 Å². The van der Waals surface area contributed by atoms with E-state index in [4.69, 9.17) is 5.11 Å². The molecule has 4 nitrogen and oxygen atoms in total. The van der Waals surface area contributed by atoms with Crippen LogP contribution in [0, 0.1) is 0 Å². The molecule has 19 heavy (non-hydrogen) atoms. The van der Waals surface area contributed by atoms with Crippen LogP contribution in [-0.2, 0) is 5.60 Å². The highest BCUT2D eigenvalue weighted by molar-refractivity contribution is 5.87. The fourth-order valence-electron chi connectivity index (χ4n) is 1.98. The number of aromatic carboxylic acids is 1. The molecule has 1 atom stereocenters. The van der Waals surface area contributed by atoms with Crippen LogP contribution in [0.1, 0.15) is 56.0 Å². The first-order valence-corrected chi connectivity index (χ1v) is 6.40.